The molecule has 0 aromatic heterocycles. The number of ether oxygens (including phenoxy) is 1. The Morgan fingerprint density at radius 2 is 2.56 bits per heavy atom. The SMILES string of the molecule is O=C1CSC(C(=O)O)O1. The van der Waals surface area contributed by atoms with Crippen molar-refractivity contribution >= 4 is 23.7 Å². The Bertz CT molecular complexity index is 155. The van der Waals surface area contributed by atoms with Gasteiger partial charge in [-0.15, -0.1) is 0 Å². The van der Waals surface area contributed by atoms with Gasteiger partial charge in [0.1, 0.15) is 0 Å². The van der Waals surface area contributed by atoms with E-state index >= 15 is 0 Å². The second kappa shape index (κ2) is 2.26. The highest BCUT2D eigenvalue weighted by atomic mass is 32.2. The van der Waals surface area contributed by atoms with Crippen molar-refractivity contribution < 1.29 is 19.4 Å². The molecule has 1 aliphatic rings. The number of esters is 1. The zero-order valence-electron chi connectivity index (χ0n) is 4.36. The quantitative estimate of drug-likeness (QED) is 0.516. The Labute approximate surface area is 55.2 Å². The number of thioether (sulfide) groups is 1. The highest BCUT2D eigenvalue weighted by Gasteiger charge is 2.29. The number of rotatable bonds is 1. The molecule has 0 aromatic carbocycles. The summed E-state index contributed by atoms with van der Waals surface area (Å²) in [5.41, 5.74) is -0.975. The third kappa shape index (κ3) is 1.35. The predicted octanol–water partition coefficient (Wildman–Crippen LogP) is -0.313. The van der Waals surface area contributed by atoms with Crippen LogP contribution in [0.5, 0.6) is 0 Å². The predicted molar refractivity (Wildman–Crippen MR) is 30.0 cm³/mol. The van der Waals surface area contributed by atoms with Gasteiger partial charge < -0.3 is 9.84 Å². The smallest absolute Gasteiger partial charge is 0.355 e. The van der Waals surface area contributed by atoms with E-state index in [0.29, 0.717) is 0 Å². The summed E-state index contributed by atoms with van der Waals surface area (Å²) in [6, 6.07) is 0. The number of hydrogen-bond donors (Lipinski definition) is 1. The van der Waals surface area contributed by atoms with Crippen LogP contribution in [0.2, 0.25) is 0 Å². The van der Waals surface area contributed by atoms with Crippen LogP contribution in [0.3, 0.4) is 0 Å². The number of carbonyl (C=O) groups excluding carboxylic acids is 1. The summed E-state index contributed by atoms with van der Waals surface area (Å²) in [6.45, 7) is 0. The van der Waals surface area contributed by atoms with Gasteiger partial charge in [0, 0.05) is 0 Å². The lowest BCUT2D eigenvalue weighted by Gasteiger charge is -1.98. The number of hydrogen-bond acceptors (Lipinski definition) is 4. The molecule has 0 saturated carbocycles. The van der Waals surface area contributed by atoms with E-state index in [2.05, 4.69) is 4.74 Å². The zero-order chi connectivity index (χ0) is 6.85. The van der Waals surface area contributed by atoms with Crippen LogP contribution in [0.4, 0.5) is 0 Å². The molecule has 1 atom stereocenters. The molecule has 0 amide bonds. The van der Waals surface area contributed by atoms with E-state index in [9.17, 15) is 9.59 Å². The molecular weight excluding hydrogens is 144 g/mol. The summed E-state index contributed by atoms with van der Waals surface area (Å²) < 4.78 is 4.35. The fraction of sp³-hybridized carbons (Fsp3) is 0.500. The molecule has 0 aromatic rings. The van der Waals surface area contributed by atoms with Crippen molar-refractivity contribution in [2.45, 2.75) is 5.44 Å². The minimum atomic E-state index is -1.09. The first-order valence-electron chi connectivity index (χ1n) is 2.24. The molecule has 1 saturated heterocycles. The monoisotopic (exact) mass is 148 g/mol. The van der Waals surface area contributed by atoms with Crippen molar-refractivity contribution in [1.29, 1.82) is 0 Å². The van der Waals surface area contributed by atoms with Gasteiger partial charge in [0.25, 0.3) is 0 Å². The lowest BCUT2D eigenvalue weighted by molar-refractivity contribution is -0.154. The van der Waals surface area contributed by atoms with Gasteiger partial charge >= 0.3 is 11.9 Å². The summed E-state index contributed by atoms with van der Waals surface area (Å²) in [7, 11) is 0. The Morgan fingerprint density at radius 3 is 2.78 bits per heavy atom. The maximum Gasteiger partial charge on any atom is 0.355 e. The van der Waals surface area contributed by atoms with Gasteiger partial charge in [-0.25, -0.2) is 4.79 Å². The van der Waals surface area contributed by atoms with Gasteiger partial charge in [-0.2, -0.15) is 0 Å². The fourth-order valence-electron chi connectivity index (χ4n) is 0.453. The molecule has 1 fully saturated rings. The average Bonchev–Trinajstić information content (AvgIpc) is 2.14. The van der Waals surface area contributed by atoms with Crippen molar-refractivity contribution in [1.82, 2.24) is 0 Å². The number of carbonyl (C=O) groups is 2. The molecule has 5 heteroatoms. The number of carboxylic acids is 1. The van der Waals surface area contributed by atoms with Crippen LogP contribution < -0.4 is 0 Å². The van der Waals surface area contributed by atoms with E-state index in [-0.39, 0.29) is 5.75 Å². The first-order chi connectivity index (χ1) is 4.20. The van der Waals surface area contributed by atoms with Crippen LogP contribution in [0.15, 0.2) is 0 Å². The highest BCUT2D eigenvalue weighted by Crippen LogP contribution is 2.20. The normalized spacial score (nSPS) is 25.8. The lowest BCUT2D eigenvalue weighted by atomic mass is 10.7. The standard InChI is InChI=1S/C4H4O4S/c5-2-1-9-4(8-2)3(6)7/h4H,1H2,(H,6,7). The molecule has 1 unspecified atom stereocenters. The van der Waals surface area contributed by atoms with E-state index in [4.69, 9.17) is 5.11 Å². The van der Waals surface area contributed by atoms with Gasteiger partial charge in [-0.1, -0.05) is 11.8 Å². The summed E-state index contributed by atoms with van der Waals surface area (Å²) in [6.07, 6.45) is 0. The summed E-state index contributed by atoms with van der Waals surface area (Å²) in [4.78, 5) is 20.3. The van der Waals surface area contributed by atoms with E-state index in [1.165, 1.54) is 0 Å². The summed E-state index contributed by atoms with van der Waals surface area (Å²) in [5.74, 6) is -1.39. The van der Waals surface area contributed by atoms with Crippen molar-refractivity contribution in [3.63, 3.8) is 0 Å². The molecule has 1 aliphatic heterocycles. The van der Waals surface area contributed by atoms with Gasteiger partial charge in [0.05, 0.1) is 5.75 Å². The number of aliphatic carboxylic acids is 1. The van der Waals surface area contributed by atoms with Crippen molar-refractivity contribution in [3.8, 4) is 0 Å². The van der Waals surface area contributed by atoms with Crippen LogP contribution in [0.1, 0.15) is 0 Å². The van der Waals surface area contributed by atoms with E-state index < -0.39 is 17.4 Å². The van der Waals surface area contributed by atoms with Crippen LogP contribution in [0, 0.1) is 0 Å². The average molecular weight is 148 g/mol. The van der Waals surface area contributed by atoms with Gasteiger partial charge in [-0.3, -0.25) is 4.79 Å². The van der Waals surface area contributed by atoms with Crippen molar-refractivity contribution in [2.24, 2.45) is 0 Å². The van der Waals surface area contributed by atoms with Gasteiger partial charge in [-0.05, 0) is 0 Å². The molecule has 1 N–H and O–H groups in total. The maximum absolute atomic E-state index is 10.3. The van der Waals surface area contributed by atoms with Crippen molar-refractivity contribution in [2.75, 3.05) is 5.75 Å². The molecule has 50 valence electrons. The first kappa shape index (κ1) is 6.41. The lowest BCUT2D eigenvalue weighted by Crippen LogP contribution is -2.16. The van der Waals surface area contributed by atoms with Crippen molar-refractivity contribution in [3.05, 3.63) is 0 Å². The fourth-order valence-corrected chi connectivity index (χ4v) is 1.13. The largest absolute Gasteiger partial charge is 0.478 e. The minimum Gasteiger partial charge on any atom is -0.478 e. The number of cyclic esters (lactones) is 1. The summed E-state index contributed by atoms with van der Waals surface area (Å²) >= 11 is 0.987. The molecule has 0 radical (unpaired) electrons. The van der Waals surface area contributed by atoms with Gasteiger partial charge in [0.15, 0.2) is 0 Å². The Kier molecular flexibility index (Phi) is 1.61. The Morgan fingerprint density at radius 1 is 1.89 bits per heavy atom. The van der Waals surface area contributed by atoms with Crippen LogP contribution in [-0.2, 0) is 14.3 Å². The second-order valence-corrected chi connectivity index (χ2v) is 2.52. The summed E-state index contributed by atoms with van der Waals surface area (Å²) in [5, 5.41) is 8.23. The molecule has 0 spiro atoms. The molecule has 1 heterocycles. The van der Waals surface area contributed by atoms with Crippen LogP contribution in [0.25, 0.3) is 0 Å². The molecule has 4 nitrogen and oxygen atoms in total. The topological polar surface area (TPSA) is 63.6 Å². The first-order valence-corrected chi connectivity index (χ1v) is 3.29. The van der Waals surface area contributed by atoms with E-state index in [1.807, 2.05) is 0 Å². The van der Waals surface area contributed by atoms with Crippen LogP contribution in [-0.4, -0.2) is 28.2 Å². The molecule has 1 rings (SSSR count). The molecular formula is C4H4O4S. The minimum absolute atomic E-state index is 0.150. The van der Waals surface area contributed by atoms with Crippen LogP contribution >= 0.6 is 11.8 Å². The van der Waals surface area contributed by atoms with E-state index in [0.717, 1.165) is 11.8 Å². The Balaban J connectivity index is 2.48. The van der Waals surface area contributed by atoms with Gasteiger partial charge in [0.2, 0.25) is 5.44 Å². The second-order valence-electron chi connectivity index (χ2n) is 1.47. The Hall–Kier alpha value is -0.710. The molecule has 0 bridgehead atoms. The third-order valence-corrected chi connectivity index (χ3v) is 1.80. The highest BCUT2D eigenvalue weighted by molar-refractivity contribution is 8.01. The molecule has 0 aliphatic carbocycles. The maximum atomic E-state index is 10.3. The third-order valence-electron chi connectivity index (χ3n) is 0.793. The van der Waals surface area contributed by atoms with E-state index in [1.54, 1.807) is 0 Å². The molecule has 9 heavy (non-hydrogen) atoms. The number of carboxylic acid groups (broad SMARTS) is 1. The zero-order valence-corrected chi connectivity index (χ0v) is 5.18.